The highest BCUT2D eigenvalue weighted by atomic mass is 32.1. The number of nitrogens with zero attached hydrogens (tertiary/aromatic N) is 1. The van der Waals surface area contributed by atoms with E-state index in [1.54, 1.807) is 29.7 Å². The lowest BCUT2D eigenvalue weighted by Crippen LogP contribution is -2.35. The van der Waals surface area contributed by atoms with Crippen LogP contribution in [0.5, 0.6) is 0 Å². The Labute approximate surface area is 128 Å². The second-order valence-electron chi connectivity index (χ2n) is 5.21. The average molecular weight is 302 g/mol. The number of amides is 1. The molecule has 5 heteroatoms. The molecule has 1 fully saturated rings. The minimum Gasteiger partial charge on any atom is -0.465 e. The van der Waals surface area contributed by atoms with Gasteiger partial charge in [-0.25, -0.2) is 0 Å². The van der Waals surface area contributed by atoms with Gasteiger partial charge >= 0.3 is 0 Å². The molecule has 0 saturated carbocycles. The van der Waals surface area contributed by atoms with Crippen molar-refractivity contribution in [1.29, 1.82) is 0 Å². The summed E-state index contributed by atoms with van der Waals surface area (Å²) >= 11 is 1.73. The fourth-order valence-corrected chi connectivity index (χ4v) is 3.19. The van der Waals surface area contributed by atoms with Crippen LogP contribution in [0.15, 0.2) is 45.7 Å². The quantitative estimate of drug-likeness (QED) is 0.864. The zero-order valence-corrected chi connectivity index (χ0v) is 12.5. The van der Waals surface area contributed by atoms with E-state index in [0.717, 1.165) is 26.1 Å². The first-order valence-electron chi connectivity index (χ1n) is 7.05. The van der Waals surface area contributed by atoms with Crippen LogP contribution in [0.1, 0.15) is 17.7 Å². The first-order chi connectivity index (χ1) is 10.3. The Morgan fingerprint density at radius 2 is 2.48 bits per heavy atom. The molecule has 1 amide bonds. The molecule has 1 saturated heterocycles. The van der Waals surface area contributed by atoms with Crippen LogP contribution in [-0.2, 0) is 11.3 Å². The fourth-order valence-electron chi connectivity index (χ4n) is 2.53. The summed E-state index contributed by atoms with van der Waals surface area (Å²) in [6.07, 6.45) is 5.81. The maximum absolute atomic E-state index is 11.9. The van der Waals surface area contributed by atoms with Crippen LogP contribution in [0.25, 0.3) is 6.08 Å². The van der Waals surface area contributed by atoms with E-state index in [9.17, 15) is 4.79 Å². The van der Waals surface area contributed by atoms with Gasteiger partial charge < -0.3 is 9.73 Å². The van der Waals surface area contributed by atoms with Gasteiger partial charge in [0.15, 0.2) is 0 Å². The van der Waals surface area contributed by atoms with Crippen molar-refractivity contribution in [3.05, 3.63) is 52.6 Å². The fraction of sp³-hybridized carbons (Fsp3) is 0.312. The molecule has 1 aliphatic heterocycles. The van der Waals surface area contributed by atoms with E-state index in [1.165, 1.54) is 11.6 Å². The highest BCUT2D eigenvalue weighted by molar-refractivity contribution is 7.07. The molecule has 4 nitrogen and oxygen atoms in total. The third-order valence-corrected chi connectivity index (χ3v) is 4.28. The maximum atomic E-state index is 11.9. The van der Waals surface area contributed by atoms with E-state index in [-0.39, 0.29) is 11.9 Å². The van der Waals surface area contributed by atoms with E-state index in [1.807, 2.05) is 6.07 Å². The summed E-state index contributed by atoms with van der Waals surface area (Å²) in [5.74, 6) is 0.629. The molecule has 1 aliphatic rings. The topological polar surface area (TPSA) is 45.5 Å². The molecule has 0 bridgehead atoms. The molecule has 21 heavy (non-hydrogen) atoms. The number of carbonyl (C=O) groups is 1. The molecule has 1 unspecified atom stereocenters. The van der Waals surface area contributed by atoms with Crippen molar-refractivity contribution in [3.63, 3.8) is 0 Å². The largest absolute Gasteiger partial charge is 0.465 e. The summed E-state index contributed by atoms with van der Waals surface area (Å²) in [5.41, 5.74) is 1.35. The van der Waals surface area contributed by atoms with Gasteiger partial charge in [0.05, 0.1) is 6.26 Å². The predicted molar refractivity (Wildman–Crippen MR) is 83.9 cm³/mol. The lowest BCUT2D eigenvalue weighted by atomic mass is 10.2. The smallest absolute Gasteiger partial charge is 0.244 e. The molecule has 0 spiro atoms. The lowest BCUT2D eigenvalue weighted by molar-refractivity contribution is -0.117. The molecule has 3 heterocycles. The molecule has 2 aromatic rings. The third-order valence-electron chi connectivity index (χ3n) is 3.55. The molecule has 0 aromatic carbocycles. The Bertz CT molecular complexity index is 590. The minimum absolute atomic E-state index is 0.0613. The van der Waals surface area contributed by atoms with Crippen LogP contribution in [0.4, 0.5) is 0 Å². The normalized spacial score (nSPS) is 19.3. The highest BCUT2D eigenvalue weighted by Crippen LogP contribution is 2.15. The second kappa shape index (κ2) is 6.74. The van der Waals surface area contributed by atoms with Crippen molar-refractivity contribution in [3.8, 4) is 0 Å². The molecule has 0 radical (unpaired) electrons. The third kappa shape index (κ3) is 4.06. The van der Waals surface area contributed by atoms with Crippen LogP contribution in [0.3, 0.4) is 0 Å². The number of furan rings is 1. The van der Waals surface area contributed by atoms with Gasteiger partial charge in [0, 0.05) is 31.8 Å². The molecule has 1 N–H and O–H groups in total. The standard InChI is InChI=1S/C16H18N2O2S/c19-16(4-3-15-2-1-8-20-15)17-14-5-7-18(11-14)10-13-6-9-21-12-13/h1-4,6,8-9,12,14H,5,7,10-11H2,(H,17,19). The summed E-state index contributed by atoms with van der Waals surface area (Å²) in [7, 11) is 0. The Morgan fingerprint density at radius 1 is 1.52 bits per heavy atom. The van der Waals surface area contributed by atoms with E-state index in [4.69, 9.17) is 4.42 Å². The van der Waals surface area contributed by atoms with Crippen molar-refractivity contribution in [2.45, 2.75) is 19.0 Å². The monoisotopic (exact) mass is 302 g/mol. The summed E-state index contributed by atoms with van der Waals surface area (Å²) in [6, 6.07) is 6.01. The van der Waals surface area contributed by atoms with Crippen LogP contribution >= 0.6 is 11.3 Å². The lowest BCUT2D eigenvalue weighted by Gasteiger charge is -2.15. The first kappa shape index (κ1) is 14.1. The molecular weight excluding hydrogens is 284 g/mol. The van der Waals surface area contributed by atoms with E-state index in [0.29, 0.717) is 5.76 Å². The highest BCUT2D eigenvalue weighted by Gasteiger charge is 2.23. The SMILES string of the molecule is O=C(C=Cc1ccco1)NC1CCN(Cc2ccsc2)C1. The van der Waals surface area contributed by atoms with Crippen molar-refractivity contribution in [2.24, 2.45) is 0 Å². The summed E-state index contributed by atoms with van der Waals surface area (Å²) in [6.45, 7) is 2.91. The summed E-state index contributed by atoms with van der Waals surface area (Å²) in [4.78, 5) is 14.2. The second-order valence-corrected chi connectivity index (χ2v) is 5.99. The maximum Gasteiger partial charge on any atom is 0.244 e. The number of hydrogen-bond donors (Lipinski definition) is 1. The number of hydrogen-bond acceptors (Lipinski definition) is 4. The summed E-state index contributed by atoms with van der Waals surface area (Å²) < 4.78 is 5.16. The number of rotatable bonds is 5. The van der Waals surface area contributed by atoms with Gasteiger partial charge in [-0.3, -0.25) is 9.69 Å². The molecule has 3 rings (SSSR count). The zero-order chi connectivity index (χ0) is 14.5. The molecule has 110 valence electrons. The van der Waals surface area contributed by atoms with Gasteiger partial charge in [0.1, 0.15) is 5.76 Å². The van der Waals surface area contributed by atoms with Gasteiger partial charge in [-0.2, -0.15) is 11.3 Å². The Kier molecular flexibility index (Phi) is 4.52. The van der Waals surface area contributed by atoms with Gasteiger partial charge in [0.2, 0.25) is 5.91 Å². The number of carbonyl (C=O) groups excluding carboxylic acids is 1. The van der Waals surface area contributed by atoms with Crippen LogP contribution < -0.4 is 5.32 Å². The van der Waals surface area contributed by atoms with E-state index < -0.39 is 0 Å². The van der Waals surface area contributed by atoms with Crippen molar-refractivity contribution >= 4 is 23.3 Å². The van der Waals surface area contributed by atoms with Crippen molar-refractivity contribution < 1.29 is 9.21 Å². The summed E-state index contributed by atoms with van der Waals surface area (Å²) in [5, 5.41) is 7.32. The average Bonchev–Trinajstić information content (AvgIpc) is 3.19. The van der Waals surface area contributed by atoms with Crippen LogP contribution in [0.2, 0.25) is 0 Å². The molecule has 0 aliphatic carbocycles. The van der Waals surface area contributed by atoms with Gasteiger partial charge in [-0.1, -0.05) is 0 Å². The van der Waals surface area contributed by atoms with Crippen LogP contribution in [-0.4, -0.2) is 29.9 Å². The molecular formula is C16H18N2O2S. The van der Waals surface area contributed by atoms with Gasteiger partial charge in [0.25, 0.3) is 0 Å². The number of thiophene rings is 1. The van der Waals surface area contributed by atoms with E-state index >= 15 is 0 Å². The zero-order valence-electron chi connectivity index (χ0n) is 11.7. The number of likely N-dealkylation sites (tertiary alicyclic amines) is 1. The minimum atomic E-state index is -0.0613. The molecule has 2 aromatic heterocycles. The van der Waals surface area contributed by atoms with Gasteiger partial charge in [-0.05, 0) is 47.0 Å². The first-order valence-corrected chi connectivity index (χ1v) is 7.99. The molecule has 1 atom stereocenters. The number of nitrogens with one attached hydrogen (secondary N) is 1. The van der Waals surface area contributed by atoms with Crippen LogP contribution in [0, 0.1) is 0 Å². The Hall–Kier alpha value is -1.85. The van der Waals surface area contributed by atoms with Crippen molar-refractivity contribution in [2.75, 3.05) is 13.1 Å². The van der Waals surface area contributed by atoms with Gasteiger partial charge in [-0.15, -0.1) is 0 Å². The Morgan fingerprint density at radius 3 is 3.24 bits per heavy atom. The predicted octanol–water partition coefficient (Wildman–Crippen LogP) is 2.75. The van der Waals surface area contributed by atoms with E-state index in [2.05, 4.69) is 27.0 Å². The Balaban J connectivity index is 1.45. The van der Waals surface area contributed by atoms with Crippen molar-refractivity contribution in [1.82, 2.24) is 10.2 Å².